The predicted octanol–water partition coefficient (Wildman–Crippen LogP) is 0.563. The summed E-state index contributed by atoms with van der Waals surface area (Å²) < 4.78 is 10.8. The molecule has 1 N–H and O–H groups in total. The zero-order valence-corrected chi connectivity index (χ0v) is 12.6. The molecule has 0 aromatic heterocycles. The van der Waals surface area contributed by atoms with Crippen molar-refractivity contribution in [1.82, 2.24) is 10.2 Å². The quantitative estimate of drug-likeness (QED) is 0.883. The van der Waals surface area contributed by atoms with Gasteiger partial charge in [0.25, 0.3) is 5.91 Å². The average Bonchev–Trinajstić information content (AvgIpc) is 2.84. The highest BCUT2D eigenvalue weighted by molar-refractivity contribution is 6.00. The first-order chi connectivity index (χ1) is 10.7. The first kappa shape index (κ1) is 15.0. The Bertz CT molecular complexity index is 575. The van der Waals surface area contributed by atoms with Gasteiger partial charge in [0.2, 0.25) is 5.91 Å². The van der Waals surface area contributed by atoms with Crippen LogP contribution < -0.4 is 5.32 Å². The number of nitrogens with one attached hydrogen (secondary N) is 1. The van der Waals surface area contributed by atoms with E-state index in [2.05, 4.69) is 5.32 Å². The normalized spacial score (nSPS) is 24.2. The summed E-state index contributed by atoms with van der Waals surface area (Å²) in [5.74, 6) is -0.271. The van der Waals surface area contributed by atoms with Gasteiger partial charge in [-0.15, -0.1) is 0 Å². The number of hydrogen-bond donors (Lipinski definition) is 1. The molecule has 0 bridgehead atoms. The molecule has 118 valence electrons. The average molecular weight is 304 g/mol. The number of rotatable bonds is 4. The fourth-order valence-electron chi connectivity index (χ4n) is 3.00. The lowest BCUT2D eigenvalue weighted by molar-refractivity contribution is -0.126. The number of methoxy groups -OCH3 is 1. The Balaban J connectivity index is 1.58. The van der Waals surface area contributed by atoms with Gasteiger partial charge in [0.05, 0.1) is 18.8 Å². The van der Waals surface area contributed by atoms with Crippen molar-refractivity contribution in [3.05, 3.63) is 35.4 Å². The molecule has 2 atom stereocenters. The van der Waals surface area contributed by atoms with Crippen molar-refractivity contribution < 1.29 is 19.1 Å². The number of carbonyl (C=O) groups excluding carboxylic acids is 2. The molecule has 2 amide bonds. The SMILES string of the molecule is CO[C@@H]1CCOC[C@H]1NC(=O)CN1Cc2ccccc2C1=O. The first-order valence-corrected chi connectivity index (χ1v) is 7.46. The lowest BCUT2D eigenvalue weighted by Crippen LogP contribution is -2.52. The monoisotopic (exact) mass is 304 g/mol. The smallest absolute Gasteiger partial charge is 0.254 e. The van der Waals surface area contributed by atoms with Gasteiger partial charge in [-0.25, -0.2) is 0 Å². The van der Waals surface area contributed by atoms with Gasteiger partial charge >= 0.3 is 0 Å². The fourth-order valence-corrected chi connectivity index (χ4v) is 3.00. The van der Waals surface area contributed by atoms with E-state index >= 15 is 0 Å². The van der Waals surface area contributed by atoms with E-state index in [0.717, 1.165) is 12.0 Å². The van der Waals surface area contributed by atoms with Crippen molar-refractivity contribution in [3.8, 4) is 0 Å². The molecule has 1 aromatic carbocycles. The highest BCUT2D eigenvalue weighted by atomic mass is 16.5. The highest BCUT2D eigenvalue weighted by Crippen LogP contribution is 2.21. The third-order valence-corrected chi connectivity index (χ3v) is 4.17. The van der Waals surface area contributed by atoms with E-state index in [1.54, 1.807) is 18.1 Å². The molecule has 0 unspecified atom stereocenters. The van der Waals surface area contributed by atoms with Crippen LogP contribution in [-0.4, -0.2) is 55.7 Å². The van der Waals surface area contributed by atoms with Crippen LogP contribution in [0.15, 0.2) is 24.3 Å². The number of ether oxygens (including phenoxy) is 2. The Kier molecular flexibility index (Phi) is 4.40. The van der Waals surface area contributed by atoms with Crippen LogP contribution in [0, 0.1) is 0 Å². The van der Waals surface area contributed by atoms with Crippen LogP contribution in [0.5, 0.6) is 0 Å². The third-order valence-electron chi connectivity index (χ3n) is 4.17. The molecule has 2 aliphatic rings. The summed E-state index contributed by atoms with van der Waals surface area (Å²) in [5.41, 5.74) is 1.65. The number of nitrogens with zero attached hydrogens (tertiary/aromatic N) is 1. The minimum Gasteiger partial charge on any atom is -0.379 e. The molecule has 2 heterocycles. The summed E-state index contributed by atoms with van der Waals surface area (Å²) in [6.07, 6.45) is 0.722. The Morgan fingerprint density at radius 3 is 3.05 bits per heavy atom. The van der Waals surface area contributed by atoms with Gasteiger partial charge in [-0.1, -0.05) is 18.2 Å². The molecular formula is C16H20N2O4. The molecule has 1 fully saturated rings. The van der Waals surface area contributed by atoms with Crippen LogP contribution in [0.4, 0.5) is 0 Å². The van der Waals surface area contributed by atoms with Crippen LogP contribution in [-0.2, 0) is 20.8 Å². The lowest BCUT2D eigenvalue weighted by atomic mass is 10.1. The Hall–Kier alpha value is -1.92. The van der Waals surface area contributed by atoms with E-state index < -0.39 is 0 Å². The second-order valence-electron chi connectivity index (χ2n) is 5.63. The van der Waals surface area contributed by atoms with Gasteiger partial charge in [0, 0.05) is 25.8 Å². The molecule has 1 saturated heterocycles. The summed E-state index contributed by atoms with van der Waals surface area (Å²) in [7, 11) is 1.63. The van der Waals surface area contributed by atoms with E-state index in [0.29, 0.717) is 25.3 Å². The highest BCUT2D eigenvalue weighted by Gasteiger charge is 2.31. The number of benzene rings is 1. The van der Waals surface area contributed by atoms with E-state index in [4.69, 9.17) is 9.47 Å². The van der Waals surface area contributed by atoms with Crippen molar-refractivity contribution in [2.24, 2.45) is 0 Å². The van der Waals surface area contributed by atoms with Crippen molar-refractivity contribution in [3.63, 3.8) is 0 Å². The van der Waals surface area contributed by atoms with E-state index in [1.807, 2.05) is 18.2 Å². The molecule has 6 heteroatoms. The summed E-state index contributed by atoms with van der Waals surface area (Å²) in [6, 6.07) is 7.29. The maximum absolute atomic E-state index is 12.2. The molecular weight excluding hydrogens is 284 g/mol. The van der Waals surface area contributed by atoms with Gasteiger partial charge in [0.1, 0.15) is 6.54 Å². The molecule has 6 nitrogen and oxygen atoms in total. The molecule has 0 radical (unpaired) electrons. The lowest BCUT2D eigenvalue weighted by Gasteiger charge is -2.31. The second-order valence-corrected chi connectivity index (χ2v) is 5.63. The van der Waals surface area contributed by atoms with Crippen LogP contribution >= 0.6 is 0 Å². The molecule has 0 saturated carbocycles. The zero-order chi connectivity index (χ0) is 15.5. The Morgan fingerprint density at radius 2 is 2.27 bits per heavy atom. The van der Waals surface area contributed by atoms with Crippen LogP contribution in [0.1, 0.15) is 22.3 Å². The largest absolute Gasteiger partial charge is 0.379 e. The number of fused-ring (bicyclic) bond motifs is 1. The maximum Gasteiger partial charge on any atom is 0.254 e. The molecule has 2 aliphatic heterocycles. The molecule has 1 aromatic rings. The van der Waals surface area contributed by atoms with Crippen molar-refractivity contribution in [2.45, 2.75) is 25.1 Å². The molecule has 0 aliphatic carbocycles. The topological polar surface area (TPSA) is 67.9 Å². The van der Waals surface area contributed by atoms with E-state index in [-0.39, 0.29) is 30.5 Å². The van der Waals surface area contributed by atoms with E-state index in [1.165, 1.54) is 0 Å². The van der Waals surface area contributed by atoms with Crippen LogP contribution in [0.2, 0.25) is 0 Å². The standard InChI is InChI=1S/C16H20N2O4/c1-21-14-6-7-22-10-13(14)17-15(19)9-18-8-11-4-2-3-5-12(11)16(18)20/h2-5,13-14H,6-10H2,1H3,(H,17,19)/t13-,14-/m1/s1. The number of hydrogen-bond acceptors (Lipinski definition) is 4. The summed E-state index contributed by atoms with van der Waals surface area (Å²) >= 11 is 0. The summed E-state index contributed by atoms with van der Waals surface area (Å²) in [5, 5.41) is 2.91. The summed E-state index contributed by atoms with van der Waals surface area (Å²) in [6.45, 7) is 1.63. The Labute approximate surface area is 129 Å². The minimum atomic E-state index is -0.182. The van der Waals surface area contributed by atoms with Crippen molar-refractivity contribution in [1.29, 1.82) is 0 Å². The van der Waals surface area contributed by atoms with Gasteiger partial charge in [-0.2, -0.15) is 0 Å². The van der Waals surface area contributed by atoms with Crippen molar-refractivity contribution in [2.75, 3.05) is 26.9 Å². The Morgan fingerprint density at radius 1 is 1.45 bits per heavy atom. The van der Waals surface area contributed by atoms with Gasteiger partial charge < -0.3 is 19.7 Å². The first-order valence-electron chi connectivity index (χ1n) is 7.46. The predicted molar refractivity (Wildman–Crippen MR) is 79.3 cm³/mol. The second kappa shape index (κ2) is 6.46. The fraction of sp³-hybridized carbons (Fsp3) is 0.500. The van der Waals surface area contributed by atoms with Crippen LogP contribution in [0.3, 0.4) is 0 Å². The van der Waals surface area contributed by atoms with Gasteiger partial charge in [0.15, 0.2) is 0 Å². The maximum atomic E-state index is 12.2. The number of carbonyl (C=O) groups is 2. The van der Waals surface area contributed by atoms with Crippen LogP contribution in [0.25, 0.3) is 0 Å². The van der Waals surface area contributed by atoms with Gasteiger partial charge in [-0.05, 0) is 18.1 Å². The summed E-state index contributed by atoms with van der Waals surface area (Å²) in [4.78, 5) is 26.0. The zero-order valence-electron chi connectivity index (χ0n) is 12.6. The minimum absolute atomic E-state index is 0.0378. The van der Waals surface area contributed by atoms with Gasteiger partial charge in [-0.3, -0.25) is 9.59 Å². The molecule has 0 spiro atoms. The number of amides is 2. The van der Waals surface area contributed by atoms with Crippen molar-refractivity contribution >= 4 is 11.8 Å². The molecule has 22 heavy (non-hydrogen) atoms. The van der Waals surface area contributed by atoms with E-state index in [9.17, 15) is 9.59 Å². The molecule has 3 rings (SSSR count). The third kappa shape index (κ3) is 2.98.